The molecular formula is C35H12BF20NO2S2. The number of benzene rings is 5. The van der Waals surface area contributed by atoms with Crippen LogP contribution in [0.4, 0.5) is 87.8 Å². The second-order valence-electron chi connectivity index (χ2n) is 12.4. The summed E-state index contributed by atoms with van der Waals surface area (Å²) >= 11 is 1.63. The predicted octanol–water partition coefficient (Wildman–Crippen LogP) is 7.33. The summed E-state index contributed by atoms with van der Waals surface area (Å²) in [6, 6.07) is 7.00. The van der Waals surface area contributed by atoms with Gasteiger partial charge in [0.1, 0.15) is 52.7 Å². The molecule has 0 unspecified atom stereocenters. The lowest BCUT2D eigenvalue weighted by Gasteiger charge is -2.44. The van der Waals surface area contributed by atoms with Gasteiger partial charge in [0.2, 0.25) is 5.51 Å². The van der Waals surface area contributed by atoms with Crippen molar-refractivity contribution in [2.45, 2.75) is 11.4 Å². The molecule has 0 N–H and O–H groups in total. The van der Waals surface area contributed by atoms with Crippen molar-refractivity contribution >= 4 is 49.2 Å². The molecule has 1 aromatic heterocycles. The Morgan fingerprint density at radius 3 is 0.885 bits per heavy atom. The molecule has 0 fully saturated rings. The monoisotopic (exact) mass is 933 g/mol. The van der Waals surface area contributed by atoms with Gasteiger partial charge in [-0.1, -0.05) is 23.5 Å². The SMILES string of the molecule is CS(=O)(=O)c1ccc(C[n+]2ccsc2)cc1.Fc1c(F)c(F)c([B-](c2c(F)c(F)c(F)c(F)c2F)(c2c(F)c(F)c(F)c(F)c2F)c2c(F)c(F)c(F)c(F)c2F)c(F)c1F. The fourth-order valence-corrected chi connectivity index (χ4v) is 7.51. The van der Waals surface area contributed by atoms with Gasteiger partial charge in [-0.3, -0.25) is 0 Å². The number of rotatable bonds is 7. The zero-order valence-corrected chi connectivity index (χ0v) is 30.6. The Morgan fingerprint density at radius 2 is 0.672 bits per heavy atom. The third-order valence-corrected chi connectivity index (χ3v) is 10.8. The van der Waals surface area contributed by atoms with Crippen LogP contribution in [0.15, 0.2) is 46.2 Å². The molecule has 0 atom stereocenters. The number of halogens is 20. The standard InChI is InChI=1S/C24BF20.C11H12NO2S2/c26-5-1(6(27)14(35)21(42)13(5)34)25(2-7(28)15(36)22(43)16(37)8(2)29,3-9(30)17(38)23(44)18(39)10(3)31)4-11(32)19(40)24(45)20(41)12(4)33;1-16(13,14)11-4-2-10(3-5-11)8-12-6-7-15-9-12/h;2-7,9H,8H2,1H3/q-1;+1. The van der Waals surface area contributed by atoms with Crippen molar-refractivity contribution in [2.24, 2.45) is 0 Å². The van der Waals surface area contributed by atoms with Crippen LogP contribution in [0.25, 0.3) is 0 Å². The quantitative estimate of drug-likeness (QED) is 0.0554. The van der Waals surface area contributed by atoms with Crippen LogP contribution < -0.4 is 26.4 Å². The van der Waals surface area contributed by atoms with E-state index in [1.165, 1.54) is 6.26 Å². The Morgan fingerprint density at radius 1 is 0.426 bits per heavy atom. The predicted molar refractivity (Wildman–Crippen MR) is 172 cm³/mol. The summed E-state index contributed by atoms with van der Waals surface area (Å²) in [5.74, 6) is -71.4. The van der Waals surface area contributed by atoms with E-state index in [0.29, 0.717) is 4.90 Å². The van der Waals surface area contributed by atoms with E-state index < -0.39 is 154 Å². The van der Waals surface area contributed by atoms with E-state index in [-0.39, 0.29) is 0 Å². The average molecular weight is 933 g/mol. The Kier molecular flexibility index (Phi) is 12.7. The number of nitrogens with zero attached hydrogens (tertiary/aromatic N) is 1. The molecule has 6 rings (SSSR count). The number of thiazole rings is 1. The molecule has 0 aliphatic carbocycles. The van der Waals surface area contributed by atoms with E-state index in [1.807, 2.05) is 29.2 Å². The lowest BCUT2D eigenvalue weighted by atomic mass is 9.12. The Hall–Kier alpha value is -5.66. The second-order valence-corrected chi connectivity index (χ2v) is 15.2. The minimum atomic E-state index is -7.22. The second kappa shape index (κ2) is 16.7. The van der Waals surface area contributed by atoms with Gasteiger partial charge in [0.15, 0.2) is 92.4 Å². The van der Waals surface area contributed by atoms with Crippen LogP contribution in [-0.4, -0.2) is 20.8 Å². The third kappa shape index (κ3) is 7.45. The van der Waals surface area contributed by atoms with Crippen molar-refractivity contribution in [3.05, 3.63) is 163 Å². The highest BCUT2D eigenvalue weighted by atomic mass is 32.2. The first-order chi connectivity index (χ1) is 28.3. The maximum absolute atomic E-state index is 15.4. The van der Waals surface area contributed by atoms with Gasteiger partial charge in [-0.2, -0.15) is 4.57 Å². The molecule has 0 aliphatic heterocycles. The van der Waals surface area contributed by atoms with Crippen LogP contribution in [-0.2, 0) is 16.4 Å². The first-order valence-electron chi connectivity index (χ1n) is 15.7. The van der Waals surface area contributed by atoms with E-state index >= 15 is 35.1 Å². The maximum Gasteiger partial charge on any atom is 0.224 e. The van der Waals surface area contributed by atoms with Gasteiger partial charge in [-0.25, -0.2) is 96.2 Å². The molecule has 0 saturated heterocycles. The fourth-order valence-electron chi connectivity index (χ4n) is 6.28. The minimum absolute atomic E-state index is 0.367. The summed E-state index contributed by atoms with van der Waals surface area (Å²) in [6.07, 6.45) is -4.00. The molecule has 0 radical (unpaired) electrons. The van der Waals surface area contributed by atoms with Crippen molar-refractivity contribution in [1.82, 2.24) is 0 Å². The highest BCUT2D eigenvalue weighted by Gasteiger charge is 2.52. The van der Waals surface area contributed by atoms with E-state index in [0.717, 1.165) is 12.1 Å². The van der Waals surface area contributed by atoms with Gasteiger partial charge in [-0.15, -0.1) is 21.9 Å². The normalized spacial score (nSPS) is 11.9. The Labute approximate surface area is 330 Å². The zero-order valence-electron chi connectivity index (χ0n) is 29.0. The topological polar surface area (TPSA) is 38.0 Å². The summed E-state index contributed by atoms with van der Waals surface area (Å²) in [7, 11) is -3.09. The molecule has 0 spiro atoms. The highest BCUT2D eigenvalue weighted by Crippen LogP contribution is 2.30. The molecule has 0 bridgehead atoms. The van der Waals surface area contributed by atoms with Crippen molar-refractivity contribution < 1.29 is 101 Å². The van der Waals surface area contributed by atoms with Crippen molar-refractivity contribution in [1.29, 1.82) is 0 Å². The lowest BCUT2D eigenvalue weighted by Crippen LogP contribution is -2.81. The first kappa shape index (κ1) is 46.4. The Bertz CT molecular complexity index is 2480. The first-order valence-corrected chi connectivity index (χ1v) is 18.5. The van der Waals surface area contributed by atoms with E-state index in [1.54, 1.807) is 23.5 Å². The number of aromatic nitrogens is 1. The van der Waals surface area contributed by atoms with Gasteiger partial charge in [0.25, 0.3) is 0 Å². The van der Waals surface area contributed by atoms with Crippen LogP contribution >= 0.6 is 11.3 Å². The van der Waals surface area contributed by atoms with Crippen molar-refractivity contribution in [3.8, 4) is 0 Å². The molecule has 61 heavy (non-hydrogen) atoms. The zero-order chi connectivity index (χ0) is 46.0. The molecule has 3 nitrogen and oxygen atoms in total. The summed E-state index contributed by atoms with van der Waals surface area (Å²) in [5, 5.41) is 2.00. The van der Waals surface area contributed by atoms with E-state index in [9.17, 15) is 61.1 Å². The molecular weight excluding hydrogens is 921 g/mol. The van der Waals surface area contributed by atoms with Gasteiger partial charge in [0, 0.05) is 11.8 Å². The molecule has 1 heterocycles. The van der Waals surface area contributed by atoms with Gasteiger partial charge >= 0.3 is 0 Å². The molecule has 0 amide bonds. The molecule has 0 aliphatic rings. The average Bonchev–Trinajstić information content (AvgIpc) is 3.74. The number of hydrogen-bond acceptors (Lipinski definition) is 3. The van der Waals surface area contributed by atoms with E-state index in [4.69, 9.17) is 0 Å². The molecule has 324 valence electrons. The van der Waals surface area contributed by atoms with Crippen LogP contribution in [0.2, 0.25) is 0 Å². The summed E-state index contributed by atoms with van der Waals surface area (Å²) in [4.78, 5) is 0.367. The van der Waals surface area contributed by atoms with Crippen LogP contribution in [0, 0.1) is 116 Å². The Balaban J connectivity index is 0.000000366. The van der Waals surface area contributed by atoms with Crippen LogP contribution in [0.3, 0.4) is 0 Å². The highest BCUT2D eigenvalue weighted by molar-refractivity contribution is 7.90. The van der Waals surface area contributed by atoms with Gasteiger partial charge in [0.05, 0.1) is 10.3 Å². The van der Waals surface area contributed by atoms with Gasteiger partial charge in [-0.05, 0) is 12.1 Å². The minimum Gasteiger partial charge on any atom is -0.224 e. The lowest BCUT2D eigenvalue weighted by molar-refractivity contribution is -0.683. The van der Waals surface area contributed by atoms with Crippen LogP contribution in [0.1, 0.15) is 5.56 Å². The van der Waals surface area contributed by atoms with Crippen molar-refractivity contribution in [2.75, 3.05) is 6.26 Å². The molecule has 0 saturated carbocycles. The largest absolute Gasteiger partial charge is 0.224 e. The third-order valence-electron chi connectivity index (χ3n) is 8.95. The fraction of sp³-hybridized carbons (Fsp3) is 0.0571. The van der Waals surface area contributed by atoms with E-state index in [2.05, 4.69) is 4.57 Å². The number of hydrogen-bond donors (Lipinski definition) is 0. The smallest absolute Gasteiger partial charge is 0.224 e. The van der Waals surface area contributed by atoms with Gasteiger partial charge < -0.3 is 0 Å². The maximum atomic E-state index is 15.4. The summed E-state index contributed by atoms with van der Waals surface area (Å²) in [5.41, 5.74) is -11.2. The van der Waals surface area contributed by atoms with Crippen molar-refractivity contribution in [3.63, 3.8) is 0 Å². The summed E-state index contributed by atoms with van der Waals surface area (Å²) < 4.78 is 319. The molecule has 26 heteroatoms. The molecule has 5 aromatic carbocycles. The number of sulfone groups is 1. The van der Waals surface area contributed by atoms with Crippen LogP contribution in [0.5, 0.6) is 0 Å². The molecule has 6 aromatic rings. The summed E-state index contributed by atoms with van der Waals surface area (Å²) in [6.45, 7) is 0.771.